The summed E-state index contributed by atoms with van der Waals surface area (Å²) in [6.45, 7) is 7.00. The molecule has 1 aromatic heterocycles. The Hall–Kier alpha value is -1.43. The maximum atomic E-state index is 13.8. The smallest absolute Gasteiger partial charge is 0.123 e. The summed E-state index contributed by atoms with van der Waals surface area (Å²) in [5.74, 6) is -0.165. The SMILES string of the molecule is C[C@@H](NCc1ccsc1)c1cc(F)ccc1N1CCN(C)CC1. The Morgan fingerprint density at radius 2 is 2.00 bits per heavy atom. The molecule has 1 aromatic carbocycles. The molecule has 0 radical (unpaired) electrons. The van der Waals surface area contributed by atoms with Crippen molar-refractivity contribution in [2.75, 3.05) is 38.1 Å². The normalized spacial score (nSPS) is 17.4. The highest BCUT2D eigenvalue weighted by molar-refractivity contribution is 7.07. The van der Waals surface area contributed by atoms with E-state index in [2.05, 4.69) is 45.9 Å². The maximum absolute atomic E-state index is 13.8. The van der Waals surface area contributed by atoms with Gasteiger partial charge in [0.1, 0.15) is 5.82 Å². The molecule has 1 N–H and O–H groups in total. The van der Waals surface area contributed by atoms with Crippen LogP contribution in [-0.2, 0) is 6.54 Å². The number of halogens is 1. The van der Waals surface area contributed by atoms with Crippen LogP contribution in [0.2, 0.25) is 0 Å². The van der Waals surface area contributed by atoms with Crippen LogP contribution in [-0.4, -0.2) is 38.1 Å². The van der Waals surface area contributed by atoms with E-state index in [9.17, 15) is 4.39 Å². The van der Waals surface area contributed by atoms with Gasteiger partial charge in [-0.2, -0.15) is 11.3 Å². The molecule has 0 aliphatic carbocycles. The molecule has 2 heterocycles. The first-order valence-electron chi connectivity index (χ1n) is 8.11. The Kier molecular flexibility index (Phi) is 5.30. The standard InChI is InChI=1S/C18H24FN3S/c1-14(20-12-15-5-10-23-13-15)17-11-16(19)3-4-18(17)22-8-6-21(2)7-9-22/h3-5,10-11,13-14,20H,6-9,12H2,1-2H3/t14-/m1/s1. The molecule has 5 heteroatoms. The van der Waals surface area contributed by atoms with Crippen molar-refractivity contribution in [1.82, 2.24) is 10.2 Å². The minimum atomic E-state index is -0.165. The Balaban J connectivity index is 1.75. The third-order valence-electron chi connectivity index (χ3n) is 4.49. The van der Waals surface area contributed by atoms with Gasteiger partial charge in [-0.25, -0.2) is 4.39 Å². The van der Waals surface area contributed by atoms with Crippen LogP contribution in [0.4, 0.5) is 10.1 Å². The van der Waals surface area contributed by atoms with Gasteiger partial charge < -0.3 is 15.1 Å². The molecule has 1 fully saturated rings. The van der Waals surface area contributed by atoms with Gasteiger partial charge in [-0.1, -0.05) is 0 Å². The number of hydrogen-bond donors (Lipinski definition) is 1. The number of rotatable bonds is 5. The average Bonchev–Trinajstić information content (AvgIpc) is 3.07. The molecule has 0 unspecified atom stereocenters. The summed E-state index contributed by atoms with van der Waals surface area (Å²) < 4.78 is 13.8. The lowest BCUT2D eigenvalue weighted by Crippen LogP contribution is -2.45. The number of anilines is 1. The molecule has 0 amide bonds. The quantitative estimate of drug-likeness (QED) is 0.904. The predicted octanol–water partition coefficient (Wildman–Crippen LogP) is 3.49. The lowest BCUT2D eigenvalue weighted by atomic mass is 10.0. The van der Waals surface area contributed by atoms with Crippen LogP contribution < -0.4 is 10.2 Å². The zero-order valence-electron chi connectivity index (χ0n) is 13.8. The number of nitrogens with zero attached hydrogens (tertiary/aromatic N) is 2. The second-order valence-corrected chi connectivity index (χ2v) is 7.01. The molecule has 3 rings (SSSR count). The third-order valence-corrected chi connectivity index (χ3v) is 5.22. The van der Waals surface area contributed by atoms with Crippen LogP contribution in [0.3, 0.4) is 0 Å². The molecule has 0 spiro atoms. The second-order valence-electron chi connectivity index (χ2n) is 6.23. The largest absolute Gasteiger partial charge is 0.369 e. The number of piperazine rings is 1. The minimum absolute atomic E-state index is 0.111. The van der Waals surface area contributed by atoms with Crippen LogP contribution >= 0.6 is 11.3 Å². The highest BCUT2D eigenvalue weighted by Gasteiger charge is 2.20. The Labute approximate surface area is 141 Å². The lowest BCUT2D eigenvalue weighted by Gasteiger charge is -2.36. The molecule has 0 saturated carbocycles. The van der Waals surface area contributed by atoms with E-state index in [0.29, 0.717) is 0 Å². The fourth-order valence-electron chi connectivity index (χ4n) is 2.98. The topological polar surface area (TPSA) is 18.5 Å². The van der Waals surface area contributed by atoms with Crippen LogP contribution in [0, 0.1) is 5.82 Å². The van der Waals surface area contributed by atoms with Crippen molar-refractivity contribution in [3.63, 3.8) is 0 Å². The zero-order valence-corrected chi connectivity index (χ0v) is 14.6. The van der Waals surface area contributed by atoms with Crippen molar-refractivity contribution in [1.29, 1.82) is 0 Å². The van der Waals surface area contributed by atoms with Gasteiger partial charge in [-0.3, -0.25) is 0 Å². The number of thiophene rings is 1. The van der Waals surface area contributed by atoms with Gasteiger partial charge >= 0.3 is 0 Å². The third kappa shape index (κ3) is 4.10. The molecular formula is C18H24FN3S. The van der Waals surface area contributed by atoms with Gasteiger partial charge in [0.25, 0.3) is 0 Å². The fourth-order valence-corrected chi connectivity index (χ4v) is 3.65. The van der Waals surface area contributed by atoms with Gasteiger partial charge in [0.2, 0.25) is 0 Å². The summed E-state index contributed by atoms with van der Waals surface area (Å²) in [4.78, 5) is 4.70. The van der Waals surface area contributed by atoms with Crippen LogP contribution in [0.15, 0.2) is 35.0 Å². The van der Waals surface area contributed by atoms with Crippen molar-refractivity contribution >= 4 is 17.0 Å². The molecule has 0 bridgehead atoms. The molecule has 3 nitrogen and oxygen atoms in total. The first-order chi connectivity index (χ1) is 11.1. The maximum Gasteiger partial charge on any atom is 0.123 e. The molecule has 23 heavy (non-hydrogen) atoms. The van der Waals surface area contributed by atoms with E-state index in [1.165, 1.54) is 5.56 Å². The fraction of sp³-hybridized carbons (Fsp3) is 0.444. The molecular weight excluding hydrogens is 309 g/mol. The Morgan fingerprint density at radius 1 is 1.22 bits per heavy atom. The average molecular weight is 333 g/mol. The lowest BCUT2D eigenvalue weighted by molar-refractivity contribution is 0.312. The molecule has 1 atom stereocenters. The highest BCUT2D eigenvalue weighted by Crippen LogP contribution is 2.28. The summed E-state index contributed by atoms with van der Waals surface area (Å²) in [5.41, 5.74) is 3.48. The van der Waals surface area contributed by atoms with Crippen LogP contribution in [0.5, 0.6) is 0 Å². The Bertz CT molecular complexity index is 621. The first kappa shape index (κ1) is 16.4. The summed E-state index contributed by atoms with van der Waals surface area (Å²) in [5, 5.41) is 7.75. The highest BCUT2D eigenvalue weighted by atomic mass is 32.1. The van der Waals surface area contributed by atoms with Gasteiger partial charge in [0, 0.05) is 44.5 Å². The summed E-state index contributed by atoms with van der Waals surface area (Å²) in [7, 11) is 2.15. The van der Waals surface area contributed by atoms with Gasteiger partial charge in [0.15, 0.2) is 0 Å². The molecule has 1 saturated heterocycles. The van der Waals surface area contributed by atoms with E-state index in [4.69, 9.17) is 0 Å². The molecule has 2 aromatic rings. The zero-order chi connectivity index (χ0) is 16.2. The van der Waals surface area contributed by atoms with E-state index in [1.54, 1.807) is 23.5 Å². The molecule has 1 aliphatic heterocycles. The van der Waals surface area contributed by atoms with Crippen molar-refractivity contribution in [3.8, 4) is 0 Å². The van der Waals surface area contributed by atoms with E-state index in [1.807, 2.05) is 6.07 Å². The monoisotopic (exact) mass is 333 g/mol. The number of benzene rings is 1. The first-order valence-corrected chi connectivity index (χ1v) is 9.05. The van der Waals surface area contributed by atoms with Gasteiger partial charge in [-0.05, 0) is 60.1 Å². The minimum Gasteiger partial charge on any atom is -0.369 e. The second kappa shape index (κ2) is 7.43. The van der Waals surface area contributed by atoms with Gasteiger partial charge in [0.05, 0.1) is 0 Å². The van der Waals surface area contributed by atoms with E-state index in [0.717, 1.165) is 44.0 Å². The molecule has 124 valence electrons. The summed E-state index contributed by atoms with van der Waals surface area (Å²) in [6.07, 6.45) is 0. The van der Waals surface area contributed by atoms with Crippen LogP contribution in [0.1, 0.15) is 24.1 Å². The van der Waals surface area contributed by atoms with Crippen molar-refractivity contribution < 1.29 is 4.39 Å². The molecule has 1 aliphatic rings. The number of hydrogen-bond acceptors (Lipinski definition) is 4. The van der Waals surface area contributed by atoms with Crippen molar-refractivity contribution in [2.45, 2.75) is 19.5 Å². The van der Waals surface area contributed by atoms with Crippen molar-refractivity contribution in [3.05, 3.63) is 52.0 Å². The summed E-state index contributed by atoms with van der Waals surface area (Å²) in [6, 6.07) is 7.41. The van der Waals surface area contributed by atoms with Gasteiger partial charge in [-0.15, -0.1) is 0 Å². The summed E-state index contributed by atoms with van der Waals surface area (Å²) >= 11 is 1.70. The van der Waals surface area contributed by atoms with Crippen LogP contribution in [0.25, 0.3) is 0 Å². The Morgan fingerprint density at radius 3 is 2.70 bits per heavy atom. The van der Waals surface area contributed by atoms with E-state index >= 15 is 0 Å². The number of likely N-dealkylation sites (N-methyl/N-ethyl adjacent to an activating group) is 1. The van der Waals surface area contributed by atoms with E-state index in [-0.39, 0.29) is 11.9 Å². The van der Waals surface area contributed by atoms with Crippen molar-refractivity contribution in [2.24, 2.45) is 0 Å². The number of nitrogens with one attached hydrogen (secondary N) is 1. The van der Waals surface area contributed by atoms with E-state index < -0.39 is 0 Å². The predicted molar refractivity (Wildman–Crippen MR) is 95.7 cm³/mol.